The summed E-state index contributed by atoms with van der Waals surface area (Å²) in [5, 5.41) is 23.8. The minimum absolute atomic E-state index is 0.0191. The van der Waals surface area contributed by atoms with E-state index in [0.29, 0.717) is 63.5 Å². The lowest BCUT2D eigenvalue weighted by atomic mass is 9.78. The molecule has 0 spiro atoms. The van der Waals surface area contributed by atoms with Gasteiger partial charge in [0.15, 0.2) is 6.79 Å². The number of Topliss-reactive ketones (excluding diaryl/α,β-unsaturated/α-hetero) is 2. The van der Waals surface area contributed by atoms with E-state index >= 15 is 0 Å². The number of ether oxygens (including phenoxy) is 7. The Morgan fingerprint density at radius 3 is 2.26 bits per heavy atom. The highest BCUT2D eigenvalue weighted by molar-refractivity contribution is 6.39. The molecule has 0 aromatic rings. The number of piperidine rings is 1. The van der Waals surface area contributed by atoms with Crippen molar-refractivity contribution in [1.29, 1.82) is 0 Å². The number of ketones is 2. The second-order valence-corrected chi connectivity index (χ2v) is 18.3. The number of carbonyl (C=O) groups excluding carboxylic acids is 5. The maximum Gasteiger partial charge on any atom is 0.329 e. The van der Waals surface area contributed by atoms with E-state index in [1.54, 1.807) is 27.9 Å². The lowest BCUT2D eigenvalue weighted by molar-refractivity contribution is -0.302. The van der Waals surface area contributed by atoms with E-state index in [1.165, 1.54) is 19.1 Å². The molecular weight excluding hydrogens is 803 g/mol. The Morgan fingerprint density at radius 2 is 1.61 bits per heavy atom. The molecule has 14 unspecified atom stereocenters. The van der Waals surface area contributed by atoms with E-state index < -0.39 is 95.8 Å². The van der Waals surface area contributed by atoms with E-state index in [2.05, 4.69) is 0 Å². The van der Waals surface area contributed by atoms with Gasteiger partial charge in [0.2, 0.25) is 5.79 Å². The van der Waals surface area contributed by atoms with E-state index in [9.17, 15) is 34.2 Å². The highest BCUT2D eigenvalue weighted by Gasteiger charge is 2.56. The van der Waals surface area contributed by atoms with Crippen molar-refractivity contribution in [2.75, 3.05) is 41.3 Å². The molecule has 0 aromatic heterocycles. The van der Waals surface area contributed by atoms with E-state index in [0.717, 1.165) is 5.57 Å². The van der Waals surface area contributed by atoms with Gasteiger partial charge in [-0.3, -0.25) is 19.2 Å². The molecule has 2 N–H and O–H groups in total. The summed E-state index contributed by atoms with van der Waals surface area (Å²) in [5.74, 6) is -8.67. The predicted molar refractivity (Wildman–Crippen MR) is 228 cm³/mol. The summed E-state index contributed by atoms with van der Waals surface area (Å²) >= 11 is 0. The number of fused-ring (bicyclic) bond motifs is 3. The Bertz CT molecular complexity index is 1600. The molecule has 62 heavy (non-hydrogen) atoms. The lowest BCUT2D eigenvalue weighted by Crippen LogP contribution is -2.64. The molecule has 3 aliphatic heterocycles. The molecule has 3 fully saturated rings. The number of rotatable bonds is 10. The molecule has 0 aromatic carbocycles. The van der Waals surface area contributed by atoms with Crippen molar-refractivity contribution in [2.24, 2.45) is 35.5 Å². The maximum absolute atomic E-state index is 14.4. The van der Waals surface area contributed by atoms with Gasteiger partial charge in [-0.25, -0.2) is 4.79 Å². The van der Waals surface area contributed by atoms with Gasteiger partial charge in [0.05, 0.1) is 30.3 Å². The molecule has 3 heterocycles. The molecule has 14 atom stereocenters. The van der Waals surface area contributed by atoms with Crippen LogP contribution in [0.5, 0.6) is 0 Å². The number of amides is 1. The van der Waals surface area contributed by atoms with Crippen LogP contribution in [0.3, 0.4) is 0 Å². The Labute approximate surface area is 368 Å². The van der Waals surface area contributed by atoms with Crippen LogP contribution in [0, 0.1) is 35.5 Å². The van der Waals surface area contributed by atoms with Crippen LogP contribution in [-0.4, -0.2) is 134 Å². The van der Waals surface area contributed by atoms with Crippen molar-refractivity contribution in [3.8, 4) is 0 Å². The van der Waals surface area contributed by atoms with Gasteiger partial charge in [0.25, 0.3) is 11.7 Å². The van der Waals surface area contributed by atoms with Gasteiger partial charge in [-0.15, -0.1) is 0 Å². The standard InChI is InChI=1S/C47H75NO14/c1-11-33-20-27(3)19-28(4)21-39(57-9)42-40(58-10)23-30(6)47(55,62-42)43(51)44(52)48-18-14-13-15-35(48)46(54)61-41(31(7)36(49)25-37(33)50)29(5)22-32-16-17-34(38(24-32)56-8)45(53)60-26-59-12-2/h20,22,28,30-36,38-42,49,55H,11-19,21,23-26H2,1-10H3/b27-20+,29-22?. The summed E-state index contributed by atoms with van der Waals surface area (Å²) in [6, 6.07) is -1.17. The highest BCUT2D eigenvalue weighted by Crippen LogP contribution is 2.40. The van der Waals surface area contributed by atoms with Crippen molar-refractivity contribution >= 4 is 29.4 Å². The largest absolute Gasteiger partial charge is 0.456 e. The number of esters is 2. The first-order valence-electron chi connectivity index (χ1n) is 22.8. The monoisotopic (exact) mass is 878 g/mol. The second kappa shape index (κ2) is 23.8. The van der Waals surface area contributed by atoms with E-state index in [1.807, 2.05) is 39.8 Å². The number of allylic oxidation sites excluding steroid dienone is 3. The summed E-state index contributed by atoms with van der Waals surface area (Å²) in [6.45, 7) is 13.3. The second-order valence-electron chi connectivity index (χ2n) is 18.3. The fourth-order valence-electron chi connectivity index (χ4n) is 9.97. The third-order valence-electron chi connectivity index (χ3n) is 13.7. The zero-order chi connectivity index (χ0) is 45.9. The quantitative estimate of drug-likeness (QED) is 0.0949. The highest BCUT2D eigenvalue weighted by atomic mass is 16.7. The fraction of sp³-hybridized carbons (Fsp3) is 0.809. The van der Waals surface area contributed by atoms with Crippen molar-refractivity contribution in [3.63, 3.8) is 0 Å². The third-order valence-corrected chi connectivity index (χ3v) is 13.7. The Balaban J connectivity index is 1.73. The van der Waals surface area contributed by atoms with Crippen LogP contribution >= 0.6 is 0 Å². The van der Waals surface area contributed by atoms with Crippen LogP contribution in [0.2, 0.25) is 0 Å². The molecule has 2 bridgehead atoms. The molecule has 0 radical (unpaired) electrons. The molecule has 1 saturated carbocycles. The smallest absolute Gasteiger partial charge is 0.329 e. The number of nitrogens with zero attached hydrogens (tertiary/aromatic N) is 1. The van der Waals surface area contributed by atoms with Crippen molar-refractivity contribution in [1.82, 2.24) is 4.90 Å². The summed E-state index contributed by atoms with van der Waals surface area (Å²) < 4.78 is 40.6. The first-order chi connectivity index (χ1) is 29.4. The lowest BCUT2D eigenvalue weighted by Gasteiger charge is -2.47. The van der Waals surface area contributed by atoms with Crippen LogP contribution in [0.25, 0.3) is 0 Å². The zero-order valence-corrected chi connectivity index (χ0v) is 38.8. The average molecular weight is 878 g/mol. The maximum atomic E-state index is 14.4. The minimum atomic E-state index is -2.52. The van der Waals surface area contributed by atoms with Crippen LogP contribution in [0.15, 0.2) is 23.3 Å². The van der Waals surface area contributed by atoms with E-state index in [4.69, 9.17) is 33.2 Å². The summed E-state index contributed by atoms with van der Waals surface area (Å²) in [4.78, 5) is 71.0. The summed E-state index contributed by atoms with van der Waals surface area (Å²) in [7, 11) is 4.60. The number of hydrogen-bond donors (Lipinski definition) is 2. The topological polar surface area (TPSA) is 194 Å². The van der Waals surface area contributed by atoms with Crippen LogP contribution in [0.1, 0.15) is 119 Å². The summed E-state index contributed by atoms with van der Waals surface area (Å²) in [6.07, 6.45) is 3.69. The molecule has 1 amide bonds. The number of cyclic esters (lactones) is 1. The van der Waals surface area contributed by atoms with Gasteiger partial charge in [0, 0.05) is 58.7 Å². The predicted octanol–water partition coefficient (Wildman–Crippen LogP) is 5.27. The van der Waals surface area contributed by atoms with Gasteiger partial charge in [-0.05, 0) is 102 Å². The minimum Gasteiger partial charge on any atom is -0.456 e. The summed E-state index contributed by atoms with van der Waals surface area (Å²) in [5.41, 5.74) is 1.60. The molecule has 1 aliphatic carbocycles. The van der Waals surface area contributed by atoms with Crippen molar-refractivity contribution < 1.29 is 67.3 Å². The number of methoxy groups -OCH3 is 3. The van der Waals surface area contributed by atoms with Crippen molar-refractivity contribution in [2.45, 2.75) is 168 Å². The number of hydrogen-bond acceptors (Lipinski definition) is 14. The van der Waals surface area contributed by atoms with Crippen LogP contribution in [-0.2, 0) is 57.1 Å². The molecule has 2 saturated heterocycles. The average Bonchev–Trinajstić information content (AvgIpc) is 3.25. The number of carbonyl (C=O) groups is 5. The van der Waals surface area contributed by atoms with Gasteiger partial charge in [-0.1, -0.05) is 45.4 Å². The fourth-order valence-corrected chi connectivity index (χ4v) is 9.97. The molecule has 15 nitrogen and oxygen atoms in total. The number of aliphatic hydroxyl groups is 2. The Kier molecular flexibility index (Phi) is 19.8. The molecule has 4 rings (SSSR count). The van der Waals surface area contributed by atoms with Crippen LogP contribution in [0.4, 0.5) is 0 Å². The molecular formula is C47H75NO14. The van der Waals surface area contributed by atoms with Crippen LogP contribution < -0.4 is 0 Å². The zero-order valence-electron chi connectivity index (χ0n) is 38.8. The SMILES string of the molecule is CCOCOC(=O)C1CCC(C=C(C)C2OC(=O)C3CCCCN3C(=O)C(=O)C3(O)OC(C(OC)CC(C)C/C(C)=C/C(CC)C(=O)CC(O)C2C)C(OC)CC3C)CC1OC. The van der Waals surface area contributed by atoms with Gasteiger partial charge in [-0.2, -0.15) is 0 Å². The first-order valence-corrected chi connectivity index (χ1v) is 22.8. The van der Waals surface area contributed by atoms with Gasteiger partial charge >= 0.3 is 11.9 Å². The Morgan fingerprint density at radius 1 is 0.935 bits per heavy atom. The third kappa shape index (κ3) is 12.6. The molecule has 352 valence electrons. The normalized spacial score (nSPS) is 38.6. The van der Waals surface area contributed by atoms with Gasteiger partial charge < -0.3 is 48.3 Å². The first kappa shape index (κ1) is 51.6. The van der Waals surface area contributed by atoms with E-state index in [-0.39, 0.29) is 50.2 Å². The molecule has 4 aliphatic rings. The number of aliphatic hydroxyl groups excluding tert-OH is 1. The van der Waals surface area contributed by atoms with Crippen molar-refractivity contribution in [3.05, 3.63) is 23.3 Å². The Hall–Kier alpha value is -3.05. The van der Waals surface area contributed by atoms with Gasteiger partial charge in [0.1, 0.15) is 24.0 Å². The molecule has 15 heteroatoms.